The van der Waals surface area contributed by atoms with Crippen LogP contribution in [0.1, 0.15) is 26.3 Å². The molecule has 0 bridgehead atoms. The van der Waals surface area contributed by atoms with Gasteiger partial charge < -0.3 is 10.2 Å². The fraction of sp³-hybridized carbons (Fsp3) is 0. The van der Waals surface area contributed by atoms with Crippen LogP contribution in [0.3, 0.4) is 0 Å². The first-order valence-electron chi connectivity index (χ1n) is 7.75. The summed E-state index contributed by atoms with van der Waals surface area (Å²) in [4.78, 5) is 40.2. The van der Waals surface area contributed by atoms with E-state index in [1.165, 1.54) is 12.1 Å². The molecule has 0 saturated carbocycles. The van der Waals surface area contributed by atoms with Crippen LogP contribution < -0.4 is 0 Å². The molecule has 2 aromatic rings. The van der Waals surface area contributed by atoms with Crippen molar-refractivity contribution < 1.29 is 42.6 Å². The highest BCUT2D eigenvalue weighted by atomic mass is 32.2. The van der Waals surface area contributed by atoms with E-state index < -0.39 is 64.9 Å². The minimum Gasteiger partial charge on any atom is -0.477 e. The minimum absolute atomic E-state index is 0.362. The van der Waals surface area contributed by atoms with E-state index in [0.29, 0.717) is 17.0 Å². The first kappa shape index (κ1) is 26.5. The normalized spacial score (nSPS) is 10.0. The second-order valence-electron chi connectivity index (χ2n) is 5.45. The van der Waals surface area contributed by atoms with Crippen molar-refractivity contribution in [1.29, 1.82) is 10.5 Å². The molecule has 170 valence electrons. The standard InChI is InChI=1S/C8H4N2O7S.C8H4N2O4S/c9-3-4-1-5(18(15,16)17)2-6(8(11)12)7(4)10(13)14;9-4-15-5-1-2-7(10(13)14)6(3-5)8(11)12/h1-2H,(H,11,12)(H,15,16,17);1-3H,(H,11,12). The zero-order valence-electron chi connectivity index (χ0n) is 15.6. The number of carboxylic acids is 2. The lowest BCUT2D eigenvalue weighted by molar-refractivity contribution is -0.385. The molecular formula is C16H8N4O11S2. The zero-order valence-corrected chi connectivity index (χ0v) is 17.2. The van der Waals surface area contributed by atoms with E-state index in [1.807, 2.05) is 0 Å². The SMILES string of the molecule is N#CSc1ccc([N+](=O)[O-])c(C(=O)O)c1.N#Cc1cc(S(=O)(=O)O)cc(C(=O)O)c1[N+](=O)[O-]. The Bertz CT molecular complexity index is 1360. The number of rotatable bonds is 6. The number of hydrogen-bond donors (Lipinski definition) is 3. The number of hydrogen-bond acceptors (Lipinski definition) is 11. The Labute approximate surface area is 187 Å². The van der Waals surface area contributed by atoms with E-state index in [1.54, 1.807) is 5.40 Å². The molecule has 33 heavy (non-hydrogen) atoms. The number of carboxylic acid groups (broad SMARTS) is 2. The van der Waals surface area contributed by atoms with Crippen molar-refractivity contribution in [1.82, 2.24) is 0 Å². The summed E-state index contributed by atoms with van der Waals surface area (Å²) in [6, 6.07) is 5.76. The molecule has 2 aromatic carbocycles. The predicted molar refractivity (Wildman–Crippen MR) is 106 cm³/mol. The number of aromatic carboxylic acids is 2. The minimum atomic E-state index is -4.77. The maximum atomic E-state index is 10.8. The molecule has 0 saturated heterocycles. The van der Waals surface area contributed by atoms with Crippen molar-refractivity contribution in [2.45, 2.75) is 9.79 Å². The van der Waals surface area contributed by atoms with Crippen LogP contribution in [0.5, 0.6) is 0 Å². The van der Waals surface area contributed by atoms with Crippen LogP contribution >= 0.6 is 11.8 Å². The van der Waals surface area contributed by atoms with Crippen molar-refractivity contribution in [3.63, 3.8) is 0 Å². The first-order chi connectivity index (χ1) is 15.2. The third kappa shape index (κ3) is 6.70. The topological polar surface area (TPSA) is 263 Å². The van der Waals surface area contributed by atoms with Crippen molar-refractivity contribution in [2.24, 2.45) is 0 Å². The largest absolute Gasteiger partial charge is 0.477 e. The molecule has 2 rings (SSSR count). The maximum absolute atomic E-state index is 10.8. The summed E-state index contributed by atoms with van der Waals surface area (Å²) in [7, 11) is -4.77. The number of nitro groups is 2. The first-order valence-corrected chi connectivity index (χ1v) is 10.0. The molecule has 0 spiro atoms. The van der Waals surface area contributed by atoms with Gasteiger partial charge in [-0.15, -0.1) is 0 Å². The summed E-state index contributed by atoms with van der Waals surface area (Å²) < 4.78 is 30.4. The Morgan fingerprint density at radius 2 is 1.55 bits per heavy atom. The Kier molecular flexibility index (Phi) is 8.53. The number of nitriles is 2. The summed E-state index contributed by atoms with van der Waals surface area (Å²) in [5, 5.41) is 57.3. The molecular weight excluding hydrogens is 488 g/mol. The monoisotopic (exact) mass is 496 g/mol. The second kappa shape index (κ2) is 10.6. The highest BCUT2D eigenvalue weighted by molar-refractivity contribution is 8.03. The lowest BCUT2D eigenvalue weighted by Crippen LogP contribution is -2.08. The number of benzene rings is 2. The van der Waals surface area contributed by atoms with Crippen molar-refractivity contribution in [3.05, 3.63) is 67.3 Å². The van der Waals surface area contributed by atoms with E-state index in [2.05, 4.69) is 0 Å². The fourth-order valence-electron chi connectivity index (χ4n) is 2.16. The van der Waals surface area contributed by atoms with Crippen molar-refractivity contribution in [2.75, 3.05) is 0 Å². The summed E-state index contributed by atoms with van der Waals surface area (Å²) >= 11 is 0.747. The summed E-state index contributed by atoms with van der Waals surface area (Å²) in [6.07, 6.45) is 0. The van der Waals surface area contributed by atoms with Crippen molar-refractivity contribution in [3.8, 4) is 11.5 Å². The summed E-state index contributed by atoms with van der Waals surface area (Å²) in [5.41, 5.74) is -3.69. The Balaban J connectivity index is 0.000000335. The average Bonchev–Trinajstić information content (AvgIpc) is 2.72. The molecule has 0 atom stereocenters. The van der Waals surface area contributed by atoms with Gasteiger partial charge >= 0.3 is 17.6 Å². The smallest absolute Gasteiger partial charge is 0.342 e. The Hall–Kier alpha value is -4.58. The molecule has 0 aliphatic heterocycles. The van der Waals surface area contributed by atoms with Gasteiger partial charge in [0.25, 0.3) is 15.8 Å². The van der Waals surface area contributed by atoms with Crippen LogP contribution in [0.4, 0.5) is 11.4 Å². The van der Waals surface area contributed by atoms with Gasteiger partial charge in [0, 0.05) is 11.0 Å². The van der Waals surface area contributed by atoms with Crippen molar-refractivity contribution >= 4 is 45.2 Å². The average molecular weight is 496 g/mol. The lowest BCUT2D eigenvalue weighted by Gasteiger charge is -2.03. The van der Waals surface area contributed by atoms with E-state index in [-0.39, 0.29) is 0 Å². The molecule has 3 N–H and O–H groups in total. The summed E-state index contributed by atoms with van der Waals surface area (Å²) in [5.74, 6) is -3.18. The molecule has 0 aromatic heterocycles. The molecule has 0 fully saturated rings. The van der Waals surface area contributed by atoms with Gasteiger partial charge in [-0.2, -0.15) is 18.9 Å². The Morgan fingerprint density at radius 1 is 0.970 bits per heavy atom. The number of thiocyanates is 1. The third-order valence-electron chi connectivity index (χ3n) is 3.47. The Morgan fingerprint density at radius 3 is 1.94 bits per heavy atom. The van der Waals surface area contributed by atoms with Gasteiger partial charge in [0.05, 0.1) is 14.7 Å². The van der Waals surface area contributed by atoms with E-state index in [0.717, 1.165) is 23.9 Å². The highest BCUT2D eigenvalue weighted by Crippen LogP contribution is 2.27. The summed E-state index contributed by atoms with van der Waals surface area (Å²) in [6.45, 7) is 0. The van der Waals surface area contributed by atoms with E-state index in [4.69, 9.17) is 25.3 Å². The maximum Gasteiger partial charge on any atom is 0.342 e. The molecule has 0 unspecified atom stereocenters. The predicted octanol–water partition coefficient (Wildman–Crippen LogP) is 2.28. The van der Waals surface area contributed by atoms with Gasteiger partial charge in [-0.3, -0.25) is 24.8 Å². The fourth-order valence-corrected chi connectivity index (χ4v) is 3.12. The van der Waals surface area contributed by atoms with Crippen LogP contribution in [-0.2, 0) is 10.1 Å². The molecule has 0 amide bonds. The number of thioether (sulfide) groups is 1. The lowest BCUT2D eigenvalue weighted by atomic mass is 10.1. The van der Waals surface area contributed by atoms with Crippen LogP contribution in [0.15, 0.2) is 40.1 Å². The second-order valence-corrected chi connectivity index (χ2v) is 7.73. The van der Waals surface area contributed by atoms with Gasteiger partial charge in [-0.25, -0.2) is 9.59 Å². The van der Waals surface area contributed by atoms with Gasteiger partial charge in [0.2, 0.25) is 0 Å². The molecule has 0 aliphatic carbocycles. The van der Waals surface area contributed by atoms with Gasteiger partial charge in [0.1, 0.15) is 28.2 Å². The van der Waals surface area contributed by atoms with Crippen LogP contribution in [0.25, 0.3) is 0 Å². The highest BCUT2D eigenvalue weighted by Gasteiger charge is 2.28. The number of nitro benzene ring substituents is 2. The quantitative estimate of drug-likeness (QED) is 0.170. The molecule has 17 heteroatoms. The van der Waals surface area contributed by atoms with E-state index in [9.17, 15) is 38.2 Å². The number of carbonyl (C=O) groups is 2. The van der Waals surface area contributed by atoms with Crippen LogP contribution in [-0.4, -0.2) is 45.0 Å². The third-order valence-corrected chi connectivity index (χ3v) is 4.89. The van der Waals surface area contributed by atoms with Crippen LogP contribution in [0.2, 0.25) is 0 Å². The van der Waals surface area contributed by atoms with Gasteiger partial charge in [0.15, 0.2) is 0 Å². The molecule has 0 radical (unpaired) electrons. The van der Waals surface area contributed by atoms with E-state index >= 15 is 0 Å². The molecule has 15 nitrogen and oxygen atoms in total. The molecule has 0 aliphatic rings. The van der Waals surface area contributed by atoms with Gasteiger partial charge in [-0.1, -0.05) is 0 Å². The number of nitrogens with zero attached hydrogens (tertiary/aromatic N) is 4. The zero-order chi connectivity index (χ0) is 25.5. The van der Waals surface area contributed by atoms with Crippen LogP contribution in [0, 0.1) is 42.2 Å². The van der Waals surface area contributed by atoms with Gasteiger partial charge in [-0.05, 0) is 36.0 Å². The molecule has 0 heterocycles.